The van der Waals surface area contributed by atoms with E-state index in [0.717, 1.165) is 32.7 Å². The topological polar surface area (TPSA) is 47.7 Å². The van der Waals surface area contributed by atoms with Crippen molar-refractivity contribution < 1.29 is 9.47 Å². The number of hydrogen-bond donors (Lipinski definition) is 1. The monoisotopic (exact) mass is 244 g/mol. The van der Waals surface area contributed by atoms with Gasteiger partial charge in [-0.25, -0.2) is 0 Å². The first kappa shape index (κ1) is 14.9. The Morgan fingerprint density at radius 3 is 2.65 bits per heavy atom. The molecule has 1 aliphatic rings. The molecule has 0 aromatic heterocycles. The van der Waals surface area contributed by atoms with Crippen LogP contribution >= 0.6 is 0 Å². The van der Waals surface area contributed by atoms with E-state index in [-0.39, 0.29) is 11.6 Å². The maximum Gasteiger partial charge on any atom is 0.0743 e. The number of rotatable bonds is 7. The summed E-state index contributed by atoms with van der Waals surface area (Å²) in [6.07, 6.45) is 1.24. The van der Waals surface area contributed by atoms with Crippen LogP contribution in [-0.4, -0.2) is 56.5 Å². The van der Waals surface area contributed by atoms with E-state index in [2.05, 4.69) is 25.7 Å². The van der Waals surface area contributed by atoms with Crippen LogP contribution in [0.25, 0.3) is 0 Å². The Balaban J connectivity index is 2.77. The number of nitrogens with zero attached hydrogens (tertiary/aromatic N) is 1. The molecule has 102 valence electrons. The summed E-state index contributed by atoms with van der Waals surface area (Å²) in [6.45, 7) is 10.8. The molecule has 2 N–H and O–H groups in total. The lowest BCUT2D eigenvalue weighted by Crippen LogP contribution is -2.59. The maximum atomic E-state index is 6.05. The van der Waals surface area contributed by atoms with Crippen molar-refractivity contribution in [3.05, 3.63) is 0 Å². The van der Waals surface area contributed by atoms with Gasteiger partial charge in [0, 0.05) is 33.4 Å². The van der Waals surface area contributed by atoms with E-state index in [1.165, 1.54) is 0 Å². The molecule has 4 heteroatoms. The van der Waals surface area contributed by atoms with Crippen molar-refractivity contribution in [2.45, 2.75) is 38.8 Å². The lowest BCUT2D eigenvalue weighted by atomic mass is 9.89. The summed E-state index contributed by atoms with van der Waals surface area (Å²) in [7, 11) is 1.75. The van der Waals surface area contributed by atoms with Gasteiger partial charge in [-0.3, -0.25) is 4.90 Å². The third-order valence-corrected chi connectivity index (χ3v) is 3.79. The molecule has 0 spiro atoms. The highest BCUT2D eigenvalue weighted by atomic mass is 16.5. The van der Waals surface area contributed by atoms with Crippen LogP contribution in [0.3, 0.4) is 0 Å². The minimum atomic E-state index is 0.00278. The summed E-state index contributed by atoms with van der Waals surface area (Å²) < 4.78 is 11.0. The first-order valence-corrected chi connectivity index (χ1v) is 6.62. The van der Waals surface area contributed by atoms with Crippen LogP contribution in [0.5, 0.6) is 0 Å². The fraction of sp³-hybridized carbons (Fsp3) is 1.00. The van der Waals surface area contributed by atoms with Crippen molar-refractivity contribution in [1.29, 1.82) is 0 Å². The van der Waals surface area contributed by atoms with Crippen LogP contribution in [0, 0.1) is 5.92 Å². The van der Waals surface area contributed by atoms with Gasteiger partial charge in [-0.15, -0.1) is 0 Å². The SMILES string of the molecule is COCCN(CC(C)C)C1(CN)CCOC1C. The molecule has 0 amide bonds. The Hall–Kier alpha value is -0.160. The van der Waals surface area contributed by atoms with Crippen molar-refractivity contribution >= 4 is 0 Å². The van der Waals surface area contributed by atoms with Gasteiger partial charge in [-0.1, -0.05) is 13.8 Å². The molecule has 4 nitrogen and oxygen atoms in total. The van der Waals surface area contributed by atoms with Gasteiger partial charge in [0.05, 0.1) is 18.2 Å². The quantitative estimate of drug-likeness (QED) is 0.728. The molecule has 1 rings (SSSR count). The minimum absolute atomic E-state index is 0.00278. The van der Waals surface area contributed by atoms with Crippen LogP contribution in [0.2, 0.25) is 0 Å². The van der Waals surface area contributed by atoms with Gasteiger partial charge in [0.25, 0.3) is 0 Å². The van der Waals surface area contributed by atoms with Gasteiger partial charge in [0.15, 0.2) is 0 Å². The van der Waals surface area contributed by atoms with Crippen molar-refractivity contribution in [2.24, 2.45) is 11.7 Å². The molecular formula is C13H28N2O2. The largest absolute Gasteiger partial charge is 0.383 e. The first-order valence-electron chi connectivity index (χ1n) is 6.62. The summed E-state index contributed by atoms with van der Waals surface area (Å²) in [5.41, 5.74) is 6.05. The Morgan fingerprint density at radius 1 is 1.53 bits per heavy atom. The standard InChI is InChI=1S/C13H28N2O2/c1-11(2)9-15(6-8-16-4)13(10-14)5-7-17-12(13)3/h11-12H,5-10,14H2,1-4H3. The molecule has 0 aromatic carbocycles. The van der Waals surface area contributed by atoms with Crippen molar-refractivity contribution in [3.63, 3.8) is 0 Å². The second-order valence-corrected chi connectivity index (χ2v) is 5.40. The Bertz CT molecular complexity index is 223. The Labute approximate surface area is 105 Å². The normalized spacial score (nSPS) is 29.5. The highest BCUT2D eigenvalue weighted by molar-refractivity contribution is 5.00. The first-order chi connectivity index (χ1) is 8.06. The van der Waals surface area contributed by atoms with E-state index in [0.29, 0.717) is 12.5 Å². The van der Waals surface area contributed by atoms with Crippen molar-refractivity contribution in [1.82, 2.24) is 4.90 Å². The van der Waals surface area contributed by atoms with Gasteiger partial charge in [-0.05, 0) is 19.3 Å². The lowest BCUT2D eigenvalue weighted by molar-refractivity contribution is -0.00348. The Morgan fingerprint density at radius 2 is 2.24 bits per heavy atom. The molecule has 0 saturated carbocycles. The van der Waals surface area contributed by atoms with E-state index in [1.54, 1.807) is 7.11 Å². The predicted molar refractivity (Wildman–Crippen MR) is 70.1 cm³/mol. The summed E-state index contributed by atoms with van der Waals surface area (Å²) >= 11 is 0. The van der Waals surface area contributed by atoms with Gasteiger partial charge >= 0.3 is 0 Å². The fourth-order valence-electron chi connectivity index (χ4n) is 2.72. The van der Waals surface area contributed by atoms with E-state index >= 15 is 0 Å². The molecule has 2 atom stereocenters. The maximum absolute atomic E-state index is 6.05. The Kier molecular flexibility index (Phi) is 5.86. The second-order valence-electron chi connectivity index (χ2n) is 5.40. The zero-order chi connectivity index (χ0) is 12.9. The lowest BCUT2D eigenvalue weighted by Gasteiger charge is -2.43. The van der Waals surface area contributed by atoms with Crippen LogP contribution in [0.1, 0.15) is 27.2 Å². The molecule has 1 saturated heterocycles. The molecule has 0 aliphatic carbocycles. The molecule has 1 fully saturated rings. The van der Waals surface area contributed by atoms with E-state index in [9.17, 15) is 0 Å². The number of ether oxygens (including phenoxy) is 2. The molecule has 0 bridgehead atoms. The second kappa shape index (κ2) is 6.69. The van der Waals surface area contributed by atoms with E-state index in [4.69, 9.17) is 15.2 Å². The average molecular weight is 244 g/mol. The predicted octanol–water partition coefficient (Wildman–Crippen LogP) is 1.10. The highest BCUT2D eigenvalue weighted by Crippen LogP contribution is 2.31. The fourth-order valence-corrected chi connectivity index (χ4v) is 2.72. The zero-order valence-corrected chi connectivity index (χ0v) is 11.7. The molecule has 0 aromatic rings. The van der Waals surface area contributed by atoms with Gasteiger partial charge in [0.1, 0.15) is 0 Å². The smallest absolute Gasteiger partial charge is 0.0743 e. The van der Waals surface area contributed by atoms with Crippen molar-refractivity contribution in [3.8, 4) is 0 Å². The third-order valence-electron chi connectivity index (χ3n) is 3.79. The number of hydrogen-bond acceptors (Lipinski definition) is 4. The zero-order valence-electron chi connectivity index (χ0n) is 11.7. The number of nitrogens with two attached hydrogens (primary N) is 1. The molecule has 1 aliphatic heterocycles. The van der Waals surface area contributed by atoms with Gasteiger partial charge in [-0.2, -0.15) is 0 Å². The molecular weight excluding hydrogens is 216 g/mol. The summed E-state index contributed by atoms with van der Waals surface area (Å²) in [5, 5.41) is 0. The van der Waals surface area contributed by atoms with Crippen molar-refractivity contribution in [2.75, 3.05) is 40.0 Å². The minimum Gasteiger partial charge on any atom is -0.383 e. The summed E-state index contributed by atoms with van der Waals surface area (Å²) in [4.78, 5) is 2.47. The van der Waals surface area contributed by atoms with E-state index in [1.807, 2.05) is 0 Å². The average Bonchev–Trinajstić information content (AvgIpc) is 2.66. The highest BCUT2D eigenvalue weighted by Gasteiger charge is 2.45. The summed E-state index contributed by atoms with van der Waals surface area (Å²) in [5.74, 6) is 0.628. The van der Waals surface area contributed by atoms with Crippen LogP contribution in [0.15, 0.2) is 0 Å². The van der Waals surface area contributed by atoms with Crippen LogP contribution in [-0.2, 0) is 9.47 Å². The molecule has 0 radical (unpaired) electrons. The van der Waals surface area contributed by atoms with Crippen LogP contribution < -0.4 is 5.73 Å². The third kappa shape index (κ3) is 3.41. The molecule has 2 unspecified atom stereocenters. The summed E-state index contributed by atoms with van der Waals surface area (Å²) in [6, 6.07) is 0. The van der Waals surface area contributed by atoms with Gasteiger partial charge in [0.2, 0.25) is 0 Å². The van der Waals surface area contributed by atoms with E-state index < -0.39 is 0 Å². The number of methoxy groups -OCH3 is 1. The van der Waals surface area contributed by atoms with Gasteiger partial charge < -0.3 is 15.2 Å². The van der Waals surface area contributed by atoms with Crippen LogP contribution in [0.4, 0.5) is 0 Å². The molecule has 1 heterocycles. The molecule has 17 heavy (non-hydrogen) atoms.